The molecule has 2 aromatic heterocycles. The van der Waals surface area contributed by atoms with Gasteiger partial charge in [-0.15, -0.1) is 21.5 Å². The minimum absolute atomic E-state index is 0.0376. The first kappa shape index (κ1) is 23.1. The summed E-state index contributed by atoms with van der Waals surface area (Å²) >= 11 is 3.01. The van der Waals surface area contributed by atoms with E-state index in [9.17, 15) is 4.79 Å². The quantitative estimate of drug-likeness (QED) is 0.330. The van der Waals surface area contributed by atoms with Gasteiger partial charge < -0.3 is 10.1 Å². The number of carbonyl (C=O) groups excluding carboxylic acids is 1. The lowest BCUT2D eigenvalue weighted by Crippen LogP contribution is -2.30. The van der Waals surface area contributed by atoms with Crippen LogP contribution in [0, 0.1) is 13.8 Å². The van der Waals surface area contributed by atoms with Crippen molar-refractivity contribution in [3.8, 4) is 11.4 Å². The van der Waals surface area contributed by atoms with Crippen LogP contribution in [0.15, 0.2) is 71.2 Å². The molecule has 2 heterocycles. The zero-order valence-electron chi connectivity index (χ0n) is 18.8. The number of benzene rings is 2. The van der Waals surface area contributed by atoms with Gasteiger partial charge in [-0.05, 0) is 55.5 Å². The van der Waals surface area contributed by atoms with Crippen LogP contribution in [0.1, 0.15) is 28.8 Å². The Morgan fingerprint density at radius 2 is 1.82 bits per heavy atom. The number of thiophene rings is 1. The number of carbonyl (C=O) groups is 1. The molecule has 0 aliphatic rings. The molecular formula is C25H26N4O2S2. The topological polar surface area (TPSA) is 69.0 Å². The molecule has 1 N–H and O–H groups in total. The summed E-state index contributed by atoms with van der Waals surface area (Å²) < 4.78 is 8.11. The number of thioether (sulfide) groups is 1. The second-order valence-corrected chi connectivity index (χ2v) is 9.98. The molecule has 4 aromatic rings. The van der Waals surface area contributed by atoms with Crippen LogP contribution in [0.2, 0.25) is 0 Å². The summed E-state index contributed by atoms with van der Waals surface area (Å²) in [6.07, 6.45) is 0. The van der Waals surface area contributed by atoms with Crippen LogP contribution in [0.3, 0.4) is 0 Å². The van der Waals surface area contributed by atoms with Crippen molar-refractivity contribution >= 4 is 29.0 Å². The highest BCUT2D eigenvalue weighted by Crippen LogP contribution is 2.28. The van der Waals surface area contributed by atoms with Crippen molar-refractivity contribution in [3.63, 3.8) is 0 Å². The summed E-state index contributed by atoms with van der Waals surface area (Å²) in [5, 5.41) is 14.1. The van der Waals surface area contributed by atoms with E-state index in [1.807, 2.05) is 91.4 Å². The number of hydrogen-bond donors (Lipinski definition) is 1. The maximum Gasteiger partial charge on any atom is 0.233 e. The lowest BCUT2D eigenvalue weighted by Gasteiger charge is -2.15. The number of aromatic nitrogens is 3. The number of ether oxygens (including phenoxy) is 1. The van der Waals surface area contributed by atoms with Crippen molar-refractivity contribution in [1.29, 1.82) is 0 Å². The molecule has 0 aliphatic carbocycles. The molecule has 8 heteroatoms. The third-order valence-electron chi connectivity index (χ3n) is 5.14. The second-order valence-electron chi connectivity index (χ2n) is 7.64. The predicted octanol–water partition coefficient (Wildman–Crippen LogP) is 5.32. The molecule has 0 bridgehead atoms. The van der Waals surface area contributed by atoms with E-state index in [0.29, 0.717) is 17.5 Å². The van der Waals surface area contributed by atoms with Gasteiger partial charge in [-0.3, -0.25) is 9.36 Å². The standard InChI is InChI=1S/C25H26N4O2S2/c1-17-9-7-10-18(2)23(17)31-16-22-27-28-25(29(22)20-11-5-4-6-12-20)33-19(3)24(30)26-15-21-13-8-14-32-21/h4-14,19H,15-16H2,1-3H3,(H,26,30). The maximum atomic E-state index is 12.7. The van der Waals surface area contributed by atoms with Gasteiger partial charge in [-0.1, -0.05) is 54.2 Å². The summed E-state index contributed by atoms with van der Waals surface area (Å²) in [7, 11) is 0. The molecule has 0 aliphatic heterocycles. The van der Waals surface area contributed by atoms with E-state index in [4.69, 9.17) is 4.74 Å². The van der Waals surface area contributed by atoms with Crippen molar-refractivity contribution in [3.05, 3.63) is 87.9 Å². The number of nitrogens with zero attached hydrogens (tertiary/aromatic N) is 3. The van der Waals surface area contributed by atoms with E-state index in [2.05, 4.69) is 15.5 Å². The molecule has 0 saturated heterocycles. The van der Waals surface area contributed by atoms with Crippen molar-refractivity contribution in [2.75, 3.05) is 0 Å². The summed E-state index contributed by atoms with van der Waals surface area (Å²) in [6, 6.07) is 20.0. The van der Waals surface area contributed by atoms with E-state index in [1.54, 1.807) is 11.3 Å². The lowest BCUT2D eigenvalue weighted by molar-refractivity contribution is -0.120. The Hall–Kier alpha value is -3.10. The van der Waals surface area contributed by atoms with Gasteiger partial charge in [-0.25, -0.2) is 0 Å². The fourth-order valence-electron chi connectivity index (χ4n) is 3.41. The number of rotatable bonds is 9. The maximum absolute atomic E-state index is 12.7. The van der Waals surface area contributed by atoms with Crippen LogP contribution in [-0.4, -0.2) is 25.9 Å². The molecular weight excluding hydrogens is 452 g/mol. The largest absolute Gasteiger partial charge is 0.485 e. The number of amides is 1. The van der Waals surface area contributed by atoms with Crippen LogP contribution in [0.5, 0.6) is 5.75 Å². The lowest BCUT2D eigenvalue weighted by atomic mass is 10.1. The van der Waals surface area contributed by atoms with Crippen LogP contribution >= 0.6 is 23.1 Å². The average Bonchev–Trinajstić information content (AvgIpc) is 3.48. The Kier molecular flexibility index (Phi) is 7.47. The number of para-hydroxylation sites is 2. The van der Waals surface area contributed by atoms with E-state index in [0.717, 1.165) is 27.4 Å². The number of hydrogen-bond acceptors (Lipinski definition) is 6. The van der Waals surface area contributed by atoms with Crippen LogP contribution < -0.4 is 10.1 Å². The third kappa shape index (κ3) is 5.64. The summed E-state index contributed by atoms with van der Waals surface area (Å²) in [6.45, 7) is 6.74. The zero-order chi connectivity index (χ0) is 23.2. The van der Waals surface area contributed by atoms with E-state index in [-0.39, 0.29) is 17.8 Å². The van der Waals surface area contributed by atoms with E-state index >= 15 is 0 Å². The van der Waals surface area contributed by atoms with Crippen molar-refractivity contribution in [1.82, 2.24) is 20.1 Å². The average molecular weight is 479 g/mol. The second kappa shape index (κ2) is 10.7. The van der Waals surface area contributed by atoms with Crippen LogP contribution in [-0.2, 0) is 17.9 Å². The first-order chi connectivity index (χ1) is 16.0. The van der Waals surface area contributed by atoms with Crippen molar-refractivity contribution in [2.45, 2.75) is 44.3 Å². The van der Waals surface area contributed by atoms with Gasteiger partial charge in [0, 0.05) is 10.6 Å². The summed E-state index contributed by atoms with van der Waals surface area (Å²) in [5.74, 6) is 1.50. The third-order valence-corrected chi connectivity index (χ3v) is 7.06. The molecule has 0 fully saturated rings. The SMILES string of the molecule is Cc1cccc(C)c1OCc1nnc(SC(C)C(=O)NCc2cccs2)n1-c1ccccc1. The molecule has 0 saturated carbocycles. The highest BCUT2D eigenvalue weighted by Gasteiger charge is 2.21. The van der Waals surface area contributed by atoms with Gasteiger partial charge in [0.1, 0.15) is 12.4 Å². The first-order valence-electron chi connectivity index (χ1n) is 10.7. The molecule has 0 radical (unpaired) electrons. The Labute approximate surface area is 202 Å². The molecule has 2 aromatic carbocycles. The number of nitrogens with one attached hydrogen (secondary N) is 1. The molecule has 6 nitrogen and oxygen atoms in total. The predicted molar refractivity (Wildman–Crippen MR) is 133 cm³/mol. The molecule has 4 rings (SSSR count). The molecule has 33 heavy (non-hydrogen) atoms. The normalized spacial score (nSPS) is 11.8. The Bertz CT molecular complexity index is 1190. The molecule has 0 spiro atoms. The Morgan fingerprint density at radius 3 is 2.52 bits per heavy atom. The highest BCUT2D eigenvalue weighted by atomic mass is 32.2. The number of aryl methyl sites for hydroxylation is 2. The van der Waals surface area contributed by atoms with Gasteiger partial charge in [0.25, 0.3) is 0 Å². The Balaban J connectivity index is 1.53. The van der Waals surface area contributed by atoms with Crippen LogP contribution in [0.4, 0.5) is 0 Å². The van der Waals surface area contributed by atoms with Crippen molar-refractivity contribution in [2.24, 2.45) is 0 Å². The molecule has 1 unspecified atom stereocenters. The summed E-state index contributed by atoms with van der Waals surface area (Å²) in [4.78, 5) is 13.8. The smallest absolute Gasteiger partial charge is 0.233 e. The minimum atomic E-state index is -0.330. The monoisotopic (exact) mass is 478 g/mol. The molecule has 170 valence electrons. The van der Waals surface area contributed by atoms with Crippen LogP contribution in [0.25, 0.3) is 5.69 Å². The summed E-state index contributed by atoms with van der Waals surface area (Å²) in [5.41, 5.74) is 3.08. The highest BCUT2D eigenvalue weighted by molar-refractivity contribution is 8.00. The fourth-order valence-corrected chi connectivity index (χ4v) is 4.97. The molecule has 1 amide bonds. The van der Waals surface area contributed by atoms with E-state index < -0.39 is 0 Å². The van der Waals surface area contributed by atoms with E-state index in [1.165, 1.54) is 11.8 Å². The fraction of sp³-hybridized carbons (Fsp3) is 0.240. The first-order valence-corrected chi connectivity index (χ1v) is 12.4. The van der Waals surface area contributed by atoms with Gasteiger partial charge in [0.15, 0.2) is 11.0 Å². The Morgan fingerprint density at radius 1 is 1.06 bits per heavy atom. The minimum Gasteiger partial charge on any atom is -0.485 e. The van der Waals surface area contributed by atoms with Gasteiger partial charge in [0.05, 0.1) is 11.8 Å². The zero-order valence-corrected chi connectivity index (χ0v) is 20.5. The van der Waals surface area contributed by atoms with Gasteiger partial charge in [-0.2, -0.15) is 0 Å². The molecule has 1 atom stereocenters. The van der Waals surface area contributed by atoms with Gasteiger partial charge >= 0.3 is 0 Å². The van der Waals surface area contributed by atoms with Crippen molar-refractivity contribution < 1.29 is 9.53 Å². The van der Waals surface area contributed by atoms with Gasteiger partial charge in [0.2, 0.25) is 5.91 Å².